The highest BCUT2D eigenvalue weighted by molar-refractivity contribution is 7.32. The number of carbonyl (C=O) groups excluding carboxylic acids is 1. The summed E-state index contributed by atoms with van der Waals surface area (Å²) in [6, 6.07) is 0. The van der Waals surface area contributed by atoms with Crippen molar-refractivity contribution in [2.45, 2.75) is 26.2 Å². The molecule has 0 aromatic carbocycles. The molecule has 76 valence electrons. The van der Waals surface area contributed by atoms with E-state index >= 15 is 0 Å². The van der Waals surface area contributed by atoms with Gasteiger partial charge in [-0.2, -0.15) is 0 Å². The summed E-state index contributed by atoms with van der Waals surface area (Å²) in [5, 5.41) is 2.24. The van der Waals surface area contributed by atoms with E-state index < -0.39 is 14.2 Å². The zero-order chi connectivity index (χ0) is 10.7. The molecule has 7 heteroatoms. The van der Waals surface area contributed by atoms with Crippen molar-refractivity contribution in [1.82, 2.24) is 0 Å². The monoisotopic (exact) mass is 210 g/mol. The molecule has 1 N–H and O–H groups in total. The van der Waals surface area contributed by atoms with Gasteiger partial charge in [0, 0.05) is 16.2 Å². The summed E-state index contributed by atoms with van der Waals surface area (Å²) in [5.41, 5.74) is 0. The minimum atomic E-state index is -2.35. The smallest absolute Gasteiger partial charge is 0.269 e. The summed E-state index contributed by atoms with van der Waals surface area (Å²) in [5.74, 6) is -0.535. The maximum absolute atomic E-state index is 10.1. The first kappa shape index (κ1) is 14.8. The van der Waals surface area contributed by atoms with E-state index in [1.165, 1.54) is 7.11 Å². The summed E-state index contributed by atoms with van der Waals surface area (Å²) in [7, 11) is -1.18. The van der Waals surface area contributed by atoms with Crippen LogP contribution in [-0.4, -0.2) is 17.9 Å². The second-order valence-corrected chi connectivity index (χ2v) is 2.85. The van der Waals surface area contributed by atoms with Crippen LogP contribution in [0.4, 0.5) is 0 Å². The standard InChI is InChI=1S/C5H9NO2.CH3O3P/c1-2-3-4-5(7)6-8;1-4-5(2)3/h2-4H2,1H3;1H3/p+1. The molecule has 0 spiro atoms. The second kappa shape index (κ2) is 11.3. The summed E-state index contributed by atoms with van der Waals surface area (Å²) < 4.78 is 13.1. The summed E-state index contributed by atoms with van der Waals surface area (Å²) in [4.78, 5) is 27.2. The Kier molecular flexibility index (Phi) is 12.8. The van der Waals surface area contributed by atoms with Crippen LogP contribution in [0.25, 0.3) is 0 Å². The molecular formula is C6H13NO5P+. The number of nitroso groups, excluding NO2 is 1. The van der Waals surface area contributed by atoms with E-state index in [4.69, 9.17) is 4.89 Å². The zero-order valence-electron chi connectivity index (χ0n) is 7.60. The van der Waals surface area contributed by atoms with Gasteiger partial charge >= 0.3 is 8.25 Å². The third-order valence-corrected chi connectivity index (χ3v) is 1.31. The lowest BCUT2D eigenvalue weighted by Gasteiger charge is -1.84. The first-order chi connectivity index (χ1) is 6.08. The van der Waals surface area contributed by atoms with Crippen LogP contribution in [0, 0.1) is 4.91 Å². The molecule has 0 radical (unpaired) electrons. The van der Waals surface area contributed by atoms with Crippen molar-refractivity contribution >= 4 is 14.2 Å². The van der Waals surface area contributed by atoms with E-state index in [9.17, 15) is 14.3 Å². The fourth-order valence-electron chi connectivity index (χ4n) is 0.374. The Morgan fingerprint density at radius 2 is 2.08 bits per heavy atom. The molecule has 0 aliphatic rings. The third-order valence-electron chi connectivity index (χ3n) is 1.00. The van der Waals surface area contributed by atoms with Gasteiger partial charge in [-0.25, -0.2) is 0 Å². The van der Waals surface area contributed by atoms with Crippen molar-refractivity contribution in [2.75, 3.05) is 7.11 Å². The van der Waals surface area contributed by atoms with Gasteiger partial charge in [0.2, 0.25) is 0 Å². The van der Waals surface area contributed by atoms with E-state index in [2.05, 4.69) is 9.70 Å². The number of amides is 1. The van der Waals surface area contributed by atoms with E-state index in [1.54, 1.807) is 0 Å². The summed E-state index contributed by atoms with van der Waals surface area (Å²) in [6.07, 6.45) is 2.01. The van der Waals surface area contributed by atoms with Crippen LogP contribution in [0.3, 0.4) is 0 Å². The van der Waals surface area contributed by atoms with Crippen molar-refractivity contribution < 1.29 is 18.8 Å². The maximum Gasteiger partial charge on any atom is 0.694 e. The summed E-state index contributed by atoms with van der Waals surface area (Å²) >= 11 is 0. The quantitative estimate of drug-likeness (QED) is 0.563. The third kappa shape index (κ3) is 18.3. The van der Waals surface area contributed by atoms with E-state index in [1.807, 2.05) is 6.92 Å². The Bertz CT molecular complexity index is 172. The fourth-order valence-corrected chi connectivity index (χ4v) is 0.374. The van der Waals surface area contributed by atoms with Gasteiger partial charge in [0.15, 0.2) is 0 Å². The highest BCUT2D eigenvalue weighted by Gasteiger charge is 2.02. The van der Waals surface area contributed by atoms with Crippen molar-refractivity contribution in [3.63, 3.8) is 0 Å². The van der Waals surface area contributed by atoms with Gasteiger partial charge in [0.05, 0.1) is 7.11 Å². The highest BCUT2D eigenvalue weighted by Crippen LogP contribution is 2.09. The molecule has 0 saturated carbocycles. The average Bonchev–Trinajstić information content (AvgIpc) is 2.15. The number of hydrogen-bond acceptors (Lipinski definition) is 4. The molecule has 0 aromatic rings. The normalized spacial score (nSPS) is 9.62. The highest BCUT2D eigenvalue weighted by atomic mass is 31.1. The van der Waals surface area contributed by atoms with Gasteiger partial charge in [0.25, 0.3) is 5.91 Å². The first-order valence-corrected chi connectivity index (χ1v) is 4.77. The van der Waals surface area contributed by atoms with E-state index in [-0.39, 0.29) is 0 Å². The van der Waals surface area contributed by atoms with E-state index in [0.29, 0.717) is 6.42 Å². The van der Waals surface area contributed by atoms with Crippen molar-refractivity contribution in [3.8, 4) is 0 Å². The van der Waals surface area contributed by atoms with Crippen molar-refractivity contribution in [1.29, 1.82) is 0 Å². The molecule has 0 aliphatic carbocycles. The molecule has 0 fully saturated rings. The molecule has 1 atom stereocenters. The number of nitrogens with zero attached hydrogens (tertiary/aromatic N) is 1. The molecule has 0 aliphatic heterocycles. The fraction of sp³-hybridized carbons (Fsp3) is 0.833. The first-order valence-electron chi connectivity index (χ1n) is 3.64. The van der Waals surface area contributed by atoms with E-state index in [0.717, 1.165) is 12.8 Å². The predicted octanol–water partition coefficient (Wildman–Crippen LogP) is 1.75. The van der Waals surface area contributed by atoms with Crippen LogP contribution in [0.5, 0.6) is 0 Å². The lowest BCUT2D eigenvalue weighted by molar-refractivity contribution is -0.118. The Morgan fingerprint density at radius 1 is 1.62 bits per heavy atom. The Labute approximate surface area is 77.2 Å². The SMILES string of the molecule is CCCCC(=O)N=O.CO[P+](=O)O. The molecule has 0 saturated heterocycles. The molecule has 0 aromatic heterocycles. The molecule has 1 amide bonds. The van der Waals surface area contributed by atoms with Gasteiger partial charge in [-0.05, 0) is 6.42 Å². The molecule has 1 unspecified atom stereocenters. The predicted molar refractivity (Wildman–Crippen MR) is 47.2 cm³/mol. The second-order valence-electron chi connectivity index (χ2n) is 2.01. The summed E-state index contributed by atoms with van der Waals surface area (Å²) in [6.45, 7) is 1.96. The largest absolute Gasteiger partial charge is 0.694 e. The van der Waals surface area contributed by atoms with Gasteiger partial charge in [-0.3, -0.25) is 4.79 Å². The van der Waals surface area contributed by atoms with Crippen LogP contribution in [0.1, 0.15) is 26.2 Å². The molecule has 0 bridgehead atoms. The minimum absolute atomic E-state index is 0.306. The van der Waals surface area contributed by atoms with Crippen LogP contribution in [0.15, 0.2) is 5.18 Å². The van der Waals surface area contributed by atoms with Crippen LogP contribution in [-0.2, 0) is 13.9 Å². The number of rotatable bonds is 4. The van der Waals surface area contributed by atoms with Crippen molar-refractivity contribution in [2.24, 2.45) is 5.18 Å². The number of carbonyl (C=O) groups is 1. The lowest BCUT2D eigenvalue weighted by Crippen LogP contribution is -1.88. The van der Waals surface area contributed by atoms with Crippen LogP contribution in [0.2, 0.25) is 0 Å². The van der Waals surface area contributed by atoms with Crippen LogP contribution >= 0.6 is 8.25 Å². The van der Waals surface area contributed by atoms with Crippen molar-refractivity contribution in [3.05, 3.63) is 4.91 Å². The average molecular weight is 210 g/mol. The Morgan fingerprint density at radius 3 is 2.31 bits per heavy atom. The minimum Gasteiger partial charge on any atom is -0.269 e. The molecular weight excluding hydrogens is 197 g/mol. The number of hydrogen-bond donors (Lipinski definition) is 1. The molecule has 13 heavy (non-hydrogen) atoms. The molecule has 6 nitrogen and oxygen atoms in total. The number of unbranched alkanes of at least 4 members (excludes halogenated alkanes) is 1. The van der Waals surface area contributed by atoms with Gasteiger partial charge < -0.3 is 0 Å². The van der Waals surface area contributed by atoms with Crippen LogP contribution < -0.4 is 0 Å². The zero-order valence-corrected chi connectivity index (χ0v) is 8.49. The Balaban J connectivity index is 0. The van der Waals surface area contributed by atoms with Gasteiger partial charge in [-0.15, -0.1) is 14.3 Å². The maximum atomic E-state index is 10.1. The van der Waals surface area contributed by atoms with Gasteiger partial charge in [-0.1, -0.05) is 13.3 Å². The lowest BCUT2D eigenvalue weighted by atomic mass is 10.2. The van der Waals surface area contributed by atoms with Gasteiger partial charge in [0.1, 0.15) is 0 Å². The molecule has 0 heterocycles. The Hall–Kier alpha value is -0.710. The topological polar surface area (TPSA) is 93.0 Å². The molecule has 0 rings (SSSR count).